The van der Waals surface area contributed by atoms with E-state index < -0.39 is 0 Å². The van der Waals surface area contributed by atoms with E-state index in [2.05, 4.69) is 58.5 Å². The summed E-state index contributed by atoms with van der Waals surface area (Å²) in [4.78, 5) is 31.9. The molecule has 5 aromatic rings. The minimum atomic E-state index is 0.0761. The van der Waals surface area contributed by atoms with Crippen LogP contribution >= 0.6 is 0 Å². The fourth-order valence-corrected chi connectivity index (χ4v) is 5.40. The lowest BCUT2D eigenvalue weighted by atomic mass is 9.85. The lowest BCUT2D eigenvalue weighted by molar-refractivity contribution is -0.122. The molecule has 0 spiro atoms. The highest BCUT2D eigenvalue weighted by molar-refractivity contribution is 5.99. The Labute approximate surface area is 213 Å². The van der Waals surface area contributed by atoms with Crippen LogP contribution in [0.1, 0.15) is 38.5 Å². The van der Waals surface area contributed by atoms with E-state index in [0.717, 1.165) is 71.3 Å². The summed E-state index contributed by atoms with van der Waals surface area (Å²) in [6.45, 7) is 2.15. The fourth-order valence-electron chi connectivity index (χ4n) is 5.40. The van der Waals surface area contributed by atoms with Gasteiger partial charge in [0.2, 0.25) is 5.91 Å². The van der Waals surface area contributed by atoms with E-state index in [1.807, 2.05) is 12.3 Å². The third-order valence-electron chi connectivity index (χ3n) is 7.70. The molecule has 7 rings (SSSR count). The standard InChI is InChI=1S/C28H28N8O/c37-28(17-5-4-6-17)32-20-11-18(14-29-16-20)19-12-22-25(34-35-27(22)31-15-19)23-13-21-24(7-8-30-26(21)33-23)36-9-2-1-3-10-36/h7-8,11-17H,1-6,9-10H2,(H,30,33)(H,32,37)(H,31,34,35). The summed E-state index contributed by atoms with van der Waals surface area (Å²) in [7, 11) is 0. The maximum atomic E-state index is 12.4. The molecule has 2 fully saturated rings. The van der Waals surface area contributed by atoms with Crippen LogP contribution in [-0.2, 0) is 4.79 Å². The number of aromatic nitrogens is 6. The van der Waals surface area contributed by atoms with Gasteiger partial charge < -0.3 is 15.2 Å². The molecule has 1 saturated heterocycles. The lowest BCUT2D eigenvalue weighted by Crippen LogP contribution is -2.29. The van der Waals surface area contributed by atoms with Crippen LogP contribution in [0.5, 0.6) is 0 Å². The number of pyridine rings is 3. The van der Waals surface area contributed by atoms with Gasteiger partial charge >= 0.3 is 0 Å². The van der Waals surface area contributed by atoms with Crippen molar-refractivity contribution in [2.45, 2.75) is 38.5 Å². The van der Waals surface area contributed by atoms with Gasteiger partial charge in [0, 0.05) is 65.2 Å². The summed E-state index contributed by atoms with van der Waals surface area (Å²) in [6.07, 6.45) is 13.9. The zero-order chi connectivity index (χ0) is 24.8. The van der Waals surface area contributed by atoms with Crippen molar-refractivity contribution in [3.8, 4) is 22.5 Å². The largest absolute Gasteiger partial charge is 0.371 e. The second-order valence-electron chi connectivity index (χ2n) is 10.1. The zero-order valence-corrected chi connectivity index (χ0v) is 20.5. The summed E-state index contributed by atoms with van der Waals surface area (Å²) < 4.78 is 0. The monoisotopic (exact) mass is 492 g/mol. The molecule has 1 aliphatic carbocycles. The molecule has 6 heterocycles. The first kappa shape index (κ1) is 22.0. The van der Waals surface area contributed by atoms with Crippen LogP contribution in [0.4, 0.5) is 11.4 Å². The number of nitrogens with one attached hydrogen (secondary N) is 3. The maximum absolute atomic E-state index is 12.4. The van der Waals surface area contributed by atoms with Crippen molar-refractivity contribution in [3.05, 3.63) is 49.1 Å². The lowest BCUT2D eigenvalue weighted by Gasteiger charge is -2.29. The second-order valence-corrected chi connectivity index (χ2v) is 10.1. The van der Waals surface area contributed by atoms with E-state index >= 15 is 0 Å². The number of piperidine rings is 1. The number of carbonyl (C=O) groups is 1. The Balaban J connectivity index is 1.23. The van der Waals surface area contributed by atoms with E-state index in [4.69, 9.17) is 0 Å². The minimum Gasteiger partial charge on any atom is -0.371 e. The van der Waals surface area contributed by atoms with Gasteiger partial charge in [0.15, 0.2) is 5.65 Å². The van der Waals surface area contributed by atoms with Crippen molar-refractivity contribution in [1.29, 1.82) is 0 Å². The van der Waals surface area contributed by atoms with Gasteiger partial charge in [-0.15, -0.1) is 0 Å². The average Bonchev–Trinajstić information content (AvgIpc) is 3.52. The number of hydrogen-bond donors (Lipinski definition) is 3. The number of fused-ring (bicyclic) bond motifs is 2. The van der Waals surface area contributed by atoms with Crippen molar-refractivity contribution in [1.82, 2.24) is 30.1 Å². The van der Waals surface area contributed by atoms with Gasteiger partial charge in [0.25, 0.3) is 0 Å². The number of nitrogens with zero attached hydrogens (tertiary/aromatic N) is 5. The second kappa shape index (κ2) is 8.99. The van der Waals surface area contributed by atoms with Crippen molar-refractivity contribution >= 4 is 39.3 Å². The smallest absolute Gasteiger partial charge is 0.227 e. The number of anilines is 2. The zero-order valence-electron chi connectivity index (χ0n) is 20.5. The van der Waals surface area contributed by atoms with E-state index in [-0.39, 0.29) is 11.8 Å². The molecule has 3 N–H and O–H groups in total. The molecule has 9 heteroatoms. The van der Waals surface area contributed by atoms with Crippen molar-refractivity contribution in [3.63, 3.8) is 0 Å². The Morgan fingerprint density at radius 1 is 0.946 bits per heavy atom. The SMILES string of the molecule is O=C(Nc1cncc(-c2cnc3n[nH]c(-c4cc5c(N6CCCCC6)ccnc5[nH]4)c3c2)c1)C1CCC1. The predicted octanol–water partition coefficient (Wildman–Crippen LogP) is 5.29. The molecule has 0 unspecified atom stereocenters. The van der Waals surface area contributed by atoms with Crippen molar-refractivity contribution in [2.75, 3.05) is 23.3 Å². The molecule has 5 aromatic heterocycles. The van der Waals surface area contributed by atoms with E-state index in [9.17, 15) is 4.79 Å². The maximum Gasteiger partial charge on any atom is 0.227 e. The average molecular weight is 493 g/mol. The number of carbonyl (C=O) groups excluding carboxylic acids is 1. The Morgan fingerprint density at radius 3 is 2.65 bits per heavy atom. The van der Waals surface area contributed by atoms with Gasteiger partial charge in [0.1, 0.15) is 5.65 Å². The van der Waals surface area contributed by atoms with Crippen LogP contribution in [0.2, 0.25) is 0 Å². The highest BCUT2D eigenvalue weighted by Gasteiger charge is 2.25. The minimum absolute atomic E-state index is 0.0761. The van der Waals surface area contributed by atoms with Crippen LogP contribution in [-0.4, -0.2) is 49.1 Å². The molecule has 0 atom stereocenters. The third kappa shape index (κ3) is 4.00. The Hall–Kier alpha value is -4.27. The van der Waals surface area contributed by atoms with Gasteiger partial charge in [-0.2, -0.15) is 5.10 Å². The molecule has 9 nitrogen and oxygen atoms in total. The van der Waals surface area contributed by atoms with Crippen molar-refractivity contribution < 1.29 is 4.79 Å². The Bertz CT molecular complexity index is 1610. The summed E-state index contributed by atoms with van der Waals surface area (Å²) in [5.74, 6) is 0.198. The van der Waals surface area contributed by atoms with E-state index in [1.165, 1.54) is 24.9 Å². The number of rotatable bonds is 5. The molecule has 37 heavy (non-hydrogen) atoms. The molecule has 0 bridgehead atoms. The fraction of sp³-hybridized carbons (Fsp3) is 0.321. The molecular formula is C28H28N8O. The highest BCUT2D eigenvalue weighted by Crippen LogP contribution is 2.34. The normalized spacial score (nSPS) is 16.3. The summed E-state index contributed by atoms with van der Waals surface area (Å²) >= 11 is 0. The molecule has 1 amide bonds. The van der Waals surface area contributed by atoms with Gasteiger partial charge in [0.05, 0.1) is 23.3 Å². The Morgan fingerprint density at radius 2 is 1.81 bits per heavy atom. The van der Waals surface area contributed by atoms with Crippen LogP contribution in [0, 0.1) is 5.92 Å². The van der Waals surface area contributed by atoms with E-state index in [1.54, 1.807) is 18.6 Å². The quantitative estimate of drug-likeness (QED) is 0.307. The molecule has 0 radical (unpaired) electrons. The first-order chi connectivity index (χ1) is 18.2. The summed E-state index contributed by atoms with van der Waals surface area (Å²) in [6, 6.07) is 8.29. The molecular weight excluding hydrogens is 464 g/mol. The molecule has 2 aliphatic rings. The summed E-state index contributed by atoms with van der Waals surface area (Å²) in [5.41, 5.74) is 7.02. The number of H-pyrrole nitrogens is 2. The third-order valence-corrected chi connectivity index (χ3v) is 7.70. The Kier molecular flexibility index (Phi) is 5.34. The van der Waals surface area contributed by atoms with Gasteiger partial charge in [-0.25, -0.2) is 9.97 Å². The van der Waals surface area contributed by atoms with Crippen molar-refractivity contribution in [2.24, 2.45) is 5.92 Å². The number of aromatic amines is 2. The molecule has 1 aliphatic heterocycles. The molecule has 0 aromatic carbocycles. The van der Waals surface area contributed by atoms with Crippen LogP contribution in [0.15, 0.2) is 49.1 Å². The predicted molar refractivity (Wildman–Crippen MR) is 144 cm³/mol. The van der Waals surface area contributed by atoms with Gasteiger partial charge in [-0.1, -0.05) is 6.42 Å². The topological polar surface area (TPSA) is 115 Å². The molecule has 186 valence electrons. The van der Waals surface area contributed by atoms with Gasteiger partial charge in [-0.05, 0) is 56.4 Å². The van der Waals surface area contributed by atoms with Crippen LogP contribution < -0.4 is 10.2 Å². The first-order valence-electron chi connectivity index (χ1n) is 13.1. The van der Waals surface area contributed by atoms with E-state index in [0.29, 0.717) is 11.3 Å². The first-order valence-corrected chi connectivity index (χ1v) is 13.1. The molecule has 1 saturated carbocycles. The van der Waals surface area contributed by atoms with Crippen LogP contribution in [0.25, 0.3) is 44.6 Å². The number of hydrogen-bond acceptors (Lipinski definition) is 6. The summed E-state index contributed by atoms with van der Waals surface area (Å²) in [5, 5.41) is 12.7. The van der Waals surface area contributed by atoms with Crippen LogP contribution in [0.3, 0.4) is 0 Å². The number of amides is 1. The van der Waals surface area contributed by atoms with Gasteiger partial charge in [-0.3, -0.25) is 14.9 Å². The highest BCUT2D eigenvalue weighted by atomic mass is 16.1.